The second kappa shape index (κ2) is 4.82. The van der Waals surface area contributed by atoms with Crippen molar-refractivity contribution < 1.29 is 18.0 Å². The highest BCUT2D eigenvalue weighted by atomic mass is 32.2. The zero-order valence-corrected chi connectivity index (χ0v) is 11.9. The minimum absolute atomic E-state index is 0.162. The Bertz CT molecular complexity index is 813. The fourth-order valence-corrected chi connectivity index (χ4v) is 3.93. The van der Waals surface area contributed by atoms with E-state index in [1.54, 1.807) is 36.4 Å². The zero-order chi connectivity index (χ0) is 15.0. The van der Waals surface area contributed by atoms with Gasteiger partial charge in [-0.2, -0.15) is 0 Å². The van der Waals surface area contributed by atoms with Crippen LogP contribution in [-0.4, -0.2) is 20.1 Å². The summed E-state index contributed by atoms with van der Waals surface area (Å²) in [5.74, 6) is -0.564. The van der Waals surface area contributed by atoms with Crippen LogP contribution in [0, 0.1) is 0 Å². The quantitative estimate of drug-likeness (QED) is 0.510. The van der Waals surface area contributed by atoms with Crippen LogP contribution >= 0.6 is 0 Å². The van der Waals surface area contributed by atoms with Crippen molar-refractivity contribution in [2.45, 2.75) is 16.7 Å². The van der Waals surface area contributed by atoms with Gasteiger partial charge in [0, 0.05) is 18.1 Å². The summed E-state index contributed by atoms with van der Waals surface area (Å²) in [4.78, 5) is 16.0. The van der Waals surface area contributed by atoms with Gasteiger partial charge >= 0.3 is 5.97 Å². The minimum atomic E-state index is -3.59. The highest BCUT2D eigenvalue weighted by Gasteiger charge is 2.33. The van der Waals surface area contributed by atoms with Crippen LogP contribution in [0.5, 0.6) is 0 Å². The van der Waals surface area contributed by atoms with Crippen molar-refractivity contribution in [1.82, 2.24) is 0 Å². The Hall–Kier alpha value is -2.47. The Morgan fingerprint density at radius 2 is 1.43 bits per heavy atom. The summed E-state index contributed by atoms with van der Waals surface area (Å²) in [6.07, 6.45) is 0. The third-order valence-corrected chi connectivity index (χ3v) is 5.00. The van der Waals surface area contributed by atoms with Gasteiger partial charge in [0.1, 0.15) is 5.71 Å². The van der Waals surface area contributed by atoms with E-state index in [1.807, 2.05) is 0 Å². The maximum Gasteiger partial charge on any atom is 0.332 e. The van der Waals surface area contributed by atoms with Gasteiger partial charge in [0.05, 0.1) is 9.79 Å². The number of fused-ring (bicyclic) bond motifs is 2. The van der Waals surface area contributed by atoms with E-state index in [1.165, 1.54) is 19.1 Å². The Morgan fingerprint density at radius 3 is 1.90 bits per heavy atom. The Balaban J connectivity index is 2.34. The van der Waals surface area contributed by atoms with Crippen molar-refractivity contribution in [3.63, 3.8) is 0 Å². The second-order valence-electron chi connectivity index (χ2n) is 4.52. The monoisotopic (exact) mass is 301 g/mol. The van der Waals surface area contributed by atoms with Gasteiger partial charge in [-0.1, -0.05) is 41.6 Å². The van der Waals surface area contributed by atoms with Crippen molar-refractivity contribution in [3.8, 4) is 0 Å². The summed E-state index contributed by atoms with van der Waals surface area (Å²) in [6.45, 7) is 1.24. The van der Waals surface area contributed by atoms with E-state index in [4.69, 9.17) is 4.84 Å². The van der Waals surface area contributed by atoms with Crippen LogP contribution < -0.4 is 0 Å². The SMILES string of the molecule is CC(=O)ON=C1c2ccccc2S(=O)(=O)c2ccccc21. The van der Waals surface area contributed by atoms with Gasteiger partial charge in [0.25, 0.3) is 0 Å². The molecule has 0 amide bonds. The molecule has 0 spiro atoms. The van der Waals surface area contributed by atoms with Crippen molar-refractivity contribution in [3.05, 3.63) is 59.7 Å². The summed E-state index contributed by atoms with van der Waals surface area (Å²) >= 11 is 0. The number of rotatable bonds is 1. The van der Waals surface area contributed by atoms with E-state index >= 15 is 0 Å². The lowest BCUT2D eigenvalue weighted by molar-refractivity contribution is -0.140. The smallest absolute Gasteiger partial charge is 0.318 e. The third-order valence-electron chi connectivity index (χ3n) is 3.13. The first-order valence-electron chi connectivity index (χ1n) is 6.21. The van der Waals surface area contributed by atoms with Crippen LogP contribution in [0.3, 0.4) is 0 Å². The molecular weight excluding hydrogens is 290 g/mol. The highest BCUT2D eigenvalue weighted by molar-refractivity contribution is 7.91. The second-order valence-corrected chi connectivity index (χ2v) is 6.41. The van der Waals surface area contributed by atoms with Crippen molar-refractivity contribution in [1.29, 1.82) is 0 Å². The number of sulfone groups is 1. The van der Waals surface area contributed by atoms with Crippen LogP contribution in [0.1, 0.15) is 18.1 Å². The molecule has 6 heteroatoms. The number of carbonyl (C=O) groups is 1. The summed E-state index contributed by atoms with van der Waals surface area (Å²) in [6, 6.07) is 13.0. The first-order chi connectivity index (χ1) is 10.0. The van der Waals surface area contributed by atoms with Crippen LogP contribution in [0.25, 0.3) is 0 Å². The molecule has 5 nitrogen and oxygen atoms in total. The summed E-state index contributed by atoms with van der Waals surface area (Å²) in [7, 11) is -3.59. The largest absolute Gasteiger partial charge is 0.332 e. The van der Waals surface area contributed by atoms with Crippen LogP contribution in [0.2, 0.25) is 0 Å². The predicted octanol–water partition coefficient (Wildman–Crippen LogP) is 2.15. The van der Waals surface area contributed by atoms with Gasteiger partial charge in [-0.15, -0.1) is 0 Å². The maximum absolute atomic E-state index is 12.6. The molecule has 0 aliphatic carbocycles. The fraction of sp³-hybridized carbons (Fsp3) is 0.0667. The van der Waals surface area contributed by atoms with Gasteiger partial charge in [-0.3, -0.25) is 0 Å². The molecule has 0 fully saturated rings. The number of carbonyl (C=O) groups excluding carboxylic acids is 1. The molecule has 0 saturated heterocycles. The molecule has 0 unspecified atom stereocenters. The first-order valence-corrected chi connectivity index (χ1v) is 7.69. The molecule has 0 bridgehead atoms. The molecular formula is C15H11NO4S. The van der Waals surface area contributed by atoms with Crippen LogP contribution in [0.15, 0.2) is 63.5 Å². The number of benzene rings is 2. The average Bonchev–Trinajstić information content (AvgIpc) is 2.47. The molecule has 1 aliphatic heterocycles. The van der Waals surface area contributed by atoms with Gasteiger partial charge in [-0.25, -0.2) is 13.2 Å². The molecule has 0 N–H and O–H groups in total. The van der Waals surface area contributed by atoms with E-state index in [0.717, 1.165) is 0 Å². The molecule has 0 saturated carbocycles. The Morgan fingerprint density at radius 1 is 0.952 bits per heavy atom. The highest BCUT2D eigenvalue weighted by Crippen LogP contribution is 2.34. The van der Waals surface area contributed by atoms with Gasteiger partial charge in [-0.05, 0) is 12.1 Å². The van der Waals surface area contributed by atoms with Crippen LogP contribution in [-0.2, 0) is 19.5 Å². The summed E-state index contributed by atoms with van der Waals surface area (Å²) in [5.41, 5.74) is 1.20. The lowest BCUT2D eigenvalue weighted by Gasteiger charge is -2.20. The molecule has 106 valence electrons. The van der Waals surface area contributed by atoms with E-state index < -0.39 is 15.8 Å². The van der Waals surface area contributed by atoms with E-state index in [2.05, 4.69) is 5.16 Å². The number of hydrogen-bond donors (Lipinski definition) is 0. The molecule has 1 aliphatic rings. The van der Waals surface area contributed by atoms with Crippen molar-refractivity contribution in [2.24, 2.45) is 5.16 Å². The Kier molecular flexibility index (Phi) is 3.10. The lowest BCUT2D eigenvalue weighted by Crippen LogP contribution is -2.21. The standard InChI is InChI=1S/C15H11NO4S/c1-10(17)20-16-15-11-6-2-4-8-13(11)21(18,19)14-9-5-3-7-12(14)15/h2-9H,1H3. The van der Waals surface area contributed by atoms with E-state index in [-0.39, 0.29) is 9.79 Å². The van der Waals surface area contributed by atoms with Crippen molar-refractivity contribution in [2.75, 3.05) is 0 Å². The topological polar surface area (TPSA) is 72.8 Å². The molecule has 1 heterocycles. The van der Waals surface area contributed by atoms with Crippen LogP contribution in [0.4, 0.5) is 0 Å². The van der Waals surface area contributed by atoms with Gasteiger partial charge < -0.3 is 4.84 Å². The van der Waals surface area contributed by atoms with Crippen molar-refractivity contribution >= 4 is 21.5 Å². The predicted molar refractivity (Wildman–Crippen MR) is 75.7 cm³/mol. The number of nitrogens with zero attached hydrogens (tertiary/aromatic N) is 1. The molecule has 0 aromatic heterocycles. The third kappa shape index (κ3) is 2.13. The van der Waals surface area contributed by atoms with E-state index in [0.29, 0.717) is 16.8 Å². The zero-order valence-electron chi connectivity index (χ0n) is 11.1. The first kappa shape index (κ1) is 13.5. The molecule has 2 aromatic carbocycles. The molecule has 3 rings (SSSR count). The van der Waals surface area contributed by atoms with E-state index in [9.17, 15) is 13.2 Å². The lowest BCUT2D eigenvalue weighted by atomic mass is 10.0. The molecule has 0 radical (unpaired) electrons. The summed E-state index contributed by atoms with van der Waals surface area (Å²) < 4.78 is 25.2. The summed E-state index contributed by atoms with van der Waals surface area (Å²) in [5, 5.41) is 3.83. The normalized spacial score (nSPS) is 14.8. The number of oxime groups is 1. The molecule has 0 atom stereocenters. The Labute approximate surface area is 121 Å². The fourth-order valence-electron chi connectivity index (χ4n) is 2.27. The minimum Gasteiger partial charge on any atom is -0.318 e. The average molecular weight is 301 g/mol. The van der Waals surface area contributed by atoms with Gasteiger partial charge in [0.15, 0.2) is 0 Å². The molecule has 21 heavy (non-hydrogen) atoms. The van der Waals surface area contributed by atoms with Gasteiger partial charge in [0.2, 0.25) is 9.84 Å². The number of hydrogen-bond acceptors (Lipinski definition) is 5. The maximum atomic E-state index is 12.6. The molecule has 2 aromatic rings.